The molecule has 7 nitrogen and oxygen atoms in total. The fourth-order valence-corrected chi connectivity index (χ4v) is 4.39. The Balaban J connectivity index is 2.12. The summed E-state index contributed by atoms with van der Waals surface area (Å²) in [6, 6.07) is 3.70. The molecule has 3 rings (SSSR count). The van der Waals surface area contributed by atoms with Crippen LogP contribution in [0.2, 0.25) is 5.02 Å². The van der Waals surface area contributed by atoms with Gasteiger partial charge in [0, 0.05) is 13.1 Å². The molecular weight excluding hydrogens is 414 g/mol. The second-order valence-corrected chi connectivity index (χ2v) is 8.76. The van der Waals surface area contributed by atoms with Crippen LogP contribution in [0, 0.1) is 13.8 Å². The minimum Gasteiger partial charge on any atom is -0.506 e. The SMILES string of the molecule is Cc1nc(C)c(C(=O)C2=C(O)C(=O)N(CCN(C)C)C2c2ccc(O)c(Cl)c2)s1. The van der Waals surface area contributed by atoms with Crippen molar-refractivity contribution in [2.24, 2.45) is 0 Å². The quantitative estimate of drug-likeness (QED) is 0.676. The molecule has 0 saturated carbocycles. The maximum Gasteiger partial charge on any atom is 0.290 e. The number of aromatic hydroxyl groups is 1. The van der Waals surface area contributed by atoms with E-state index in [9.17, 15) is 19.8 Å². The molecule has 2 N–H and O–H groups in total. The molecule has 1 aromatic carbocycles. The number of Topliss-reactive ketones (excluding diaryl/α,β-unsaturated/α-hetero) is 1. The second kappa shape index (κ2) is 8.14. The number of aromatic nitrogens is 1. The standard InChI is InChI=1S/C20H22ClN3O4S/c1-10-19(29-11(2)22-10)17(26)15-16(12-5-6-14(25)13(21)9-12)24(8-7-23(3)4)20(28)18(15)27/h5-6,9,16,25,27H,7-8H2,1-4H3. The molecule has 1 amide bonds. The summed E-state index contributed by atoms with van der Waals surface area (Å²) in [5.74, 6) is -1.70. The first-order valence-corrected chi connectivity index (χ1v) is 10.2. The van der Waals surface area contributed by atoms with E-state index in [0.717, 1.165) is 5.01 Å². The number of ketones is 1. The van der Waals surface area contributed by atoms with Crippen LogP contribution in [-0.2, 0) is 4.79 Å². The number of aryl methyl sites for hydroxylation is 2. The van der Waals surface area contributed by atoms with Crippen molar-refractivity contribution in [2.75, 3.05) is 27.2 Å². The Kier molecular flexibility index (Phi) is 5.97. The number of nitrogens with zero attached hydrogens (tertiary/aromatic N) is 3. The zero-order valence-corrected chi connectivity index (χ0v) is 18.1. The Labute approximate surface area is 177 Å². The van der Waals surface area contributed by atoms with Crippen molar-refractivity contribution in [3.05, 3.63) is 55.7 Å². The fraction of sp³-hybridized carbons (Fsp3) is 0.350. The van der Waals surface area contributed by atoms with Crippen LogP contribution in [0.25, 0.3) is 0 Å². The van der Waals surface area contributed by atoms with Crippen LogP contribution in [-0.4, -0.2) is 63.9 Å². The van der Waals surface area contributed by atoms with Gasteiger partial charge in [0.05, 0.1) is 32.2 Å². The van der Waals surface area contributed by atoms with Crippen LogP contribution in [0.3, 0.4) is 0 Å². The number of carbonyl (C=O) groups is 2. The molecule has 29 heavy (non-hydrogen) atoms. The van der Waals surface area contributed by atoms with E-state index in [1.807, 2.05) is 19.0 Å². The molecule has 0 radical (unpaired) electrons. The predicted molar refractivity (Wildman–Crippen MR) is 112 cm³/mol. The van der Waals surface area contributed by atoms with E-state index in [4.69, 9.17) is 11.6 Å². The monoisotopic (exact) mass is 435 g/mol. The lowest BCUT2D eigenvalue weighted by atomic mass is 9.95. The topological polar surface area (TPSA) is 94.0 Å². The molecular formula is C20H22ClN3O4S. The molecule has 0 bridgehead atoms. The van der Waals surface area contributed by atoms with Crippen LogP contribution in [0.5, 0.6) is 5.75 Å². The number of hydrogen-bond donors (Lipinski definition) is 2. The number of aliphatic hydroxyl groups is 1. The lowest BCUT2D eigenvalue weighted by molar-refractivity contribution is -0.129. The maximum atomic E-state index is 13.3. The summed E-state index contributed by atoms with van der Waals surface area (Å²) < 4.78 is 0. The number of likely N-dealkylation sites (N-methyl/N-ethyl adjacent to an activating group) is 1. The van der Waals surface area contributed by atoms with Crippen LogP contribution in [0.4, 0.5) is 0 Å². The molecule has 9 heteroatoms. The largest absolute Gasteiger partial charge is 0.506 e. The van der Waals surface area contributed by atoms with Crippen molar-refractivity contribution >= 4 is 34.6 Å². The number of phenols is 1. The molecule has 1 aliphatic heterocycles. The van der Waals surface area contributed by atoms with E-state index in [0.29, 0.717) is 29.2 Å². The summed E-state index contributed by atoms with van der Waals surface area (Å²) in [4.78, 5) is 34.2. The Hall–Kier alpha value is -2.42. The van der Waals surface area contributed by atoms with E-state index in [-0.39, 0.29) is 16.3 Å². The number of carbonyl (C=O) groups excluding carboxylic acids is 2. The number of amides is 1. The molecule has 2 heterocycles. The Morgan fingerprint density at radius 1 is 1.31 bits per heavy atom. The summed E-state index contributed by atoms with van der Waals surface area (Å²) in [5, 5.41) is 21.2. The van der Waals surface area contributed by atoms with E-state index >= 15 is 0 Å². The number of thiazole rings is 1. The number of halogens is 1. The number of benzene rings is 1. The minimum atomic E-state index is -0.810. The highest BCUT2D eigenvalue weighted by molar-refractivity contribution is 7.14. The lowest BCUT2D eigenvalue weighted by Crippen LogP contribution is -2.36. The molecule has 1 atom stereocenters. The second-order valence-electron chi connectivity index (χ2n) is 7.15. The van der Waals surface area contributed by atoms with Gasteiger partial charge >= 0.3 is 0 Å². The summed E-state index contributed by atoms with van der Waals surface area (Å²) in [5.41, 5.74) is 1.09. The maximum absolute atomic E-state index is 13.3. The number of aliphatic hydroxyl groups excluding tert-OH is 1. The van der Waals surface area contributed by atoms with Gasteiger partial charge in [-0.05, 0) is 45.6 Å². The van der Waals surface area contributed by atoms with Crippen LogP contribution in [0.1, 0.15) is 32.0 Å². The molecule has 2 aromatic rings. The van der Waals surface area contributed by atoms with Gasteiger partial charge in [0.15, 0.2) is 5.76 Å². The van der Waals surface area contributed by atoms with Gasteiger partial charge in [-0.25, -0.2) is 4.98 Å². The van der Waals surface area contributed by atoms with Crippen molar-refractivity contribution in [3.8, 4) is 5.75 Å². The lowest BCUT2D eigenvalue weighted by Gasteiger charge is -2.28. The Morgan fingerprint density at radius 2 is 2.00 bits per heavy atom. The summed E-state index contributed by atoms with van der Waals surface area (Å²) in [7, 11) is 3.74. The van der Waals surface area contributed by atoms with Crippen molar-refractivity contribution < 1.29 is 19.8 Å². The van der Waals surface area contributed by atoms with Gasteiger partial charge < -0.3 is 20.0 Å². The average Bonchev–Trinajstić information content (AvgIpc) is 3.11. The minimum absolute atomic E-state index is 0.00209. The molecule has 0 aliphatic carbocycles. The van der Waals surface area contributed by atoms with Crippen LogP contribution in [0.15, 0.2) is 29.5 Å². The first-order chi connectivity index (χ1) is 13.6. The molecule has 1 unspecified atom stereocenters. The van der Waals surface area contributed by atoms with Gasteiger partial charge in [-0.1, -0.05) is 17.7 Å². The van der Waals surface area contributed by atoms with Gasteiger partial charge in [-0.2, -0.15) is 0 Å². The van der Waals surface area contributed by atoms with Crippen molar-refractivity contribution in [2.45, 2.75) is 19.9 Å². The van der Waals surface area contributed by atoms with Gasteiger partial charge in [-0.3, -0.25) is 9.59 Å². The summed E-state index contributed by atoms with van der Waals surface area (Å²) in [6.45, 7) is 4.36. The summed E-state index contributed by atoms with van der Waals surface area (Å²) in [6.07, 6.45) is 0. The Morgan fingerprint density at radius 3 is 2.55 bits per heavy atom. The first-order valence-electron chi connectivity index (χ1n) is 8.97. The van der Waals surface area contributed by atoms with Gasteiger partial charge in [0.2, 0.25) is 5.78 Å². The smallest absolute Gasteiger partial charge is 0.290 e. The number of hydrogen-bond acceptors (Lipinski definition) is 7. The van der Waals surface area contributed by atoms with Crippen LogP contribution < -0.4 is 0 Å². The third-order valence-corrected chi connectivity index (χ3v) is 6.11. The molecule has 0 saturated heterocycles. The predicted octanol–water partition coefficient (Wildman–Crippen LogP) is 3.26. The number of rotatable bonds is 6. The van der Waals surface area contributed by atoms with Crippen molar-refractivity contribution in [3.63, 3.8) is 0 Å². The summed E-state index contributed by atoms with van der Waals surface area (Å²) >= 11 is 7.30. The van der Waals surface area contributed by atoms with E-state index < -0.39 is 23.5 Å². The zero-order chi connectivity index (χ0) is 21.5. The molecule has 0 fully saturated rings. The third-order valence-electron chi connectivity index (χ3n) is 4.73. The van der Waals surface area contributed by atoms with Crippen LogP contribution >= 0.6 is 22.9 Å². The van der Waals surface area contributed by atoms with Crippen molar-refractivity contribution in [1.29, 1.82) is 0 Å². The molecule has 0 spiro atoms. The van der Waals surface area contributed by atoms with Gasteiger partial charge in [0.25, 0.3) is 5.91 Å². The normalized spacial score (nSPS) is 17.0. The van der Waals surface area contributed by atoms with Gasteiger partial charge in [-0.15, -0.1) is 11.3 Å². The van der Waals surface area contributed by atoms with Crippen molar-refractivity contribution in [1.82, 2.24) is 14.8 Å². The zero-order valence-electron chi connectivity index (χ0n) is 16.6. The molecule has 1 aromatic heterocycles. The third kappa shape index (κ3) is 4.01. The average molecular weight is 436 g/mol. The molecule has 1 aliphatic rings. The van der Waals surface area contributed by atoms with Gasteiger partial charge in [0.1, 0.15) is 5.75 Å². The van der Waals surface area contributed by atoms with E-state index in [1.54, 1.807) is 19.9 Å². The van der Waals surface area contributed by atoms with E-state index in [2.05, 4.69) is 4.98 Å². The number of phenolic OH excluding ortho intramolecular Hbond substituents is 1. The van der Waals surface area contributed by atoms with E-state index in [1.165, 1.54) is 28.4 Å². The molecule has 154 valence electrons. The Bertz CT molecular complexity index is 1020. The highest BCUT2D eigenvalue weighted by Gasteiger charge is 2.44. The first kappa shape index (κ1) is 21.3. The highest BCUT2D eigenvalue weighted by Crippen LogP contribution is 2.41. The fourth-order valence-electron chi connectivity index (χ4n) is 3.33. The highest BCUT2D eigenvalue weighted by atomic mass is 35.5.